The molecule has 0 aromatic rings. The van der Waals surface area contributed by atoms with Gasteiger partial charge in [-0.3, -0.25) is 0 Å². The Kier molecular flexibility index (Phi) is 8.57. The minimum atomic E-state index is -1.90. The smallest absolute Gasteiger partial charge is 0.251 e. The van der Waals surface area contributed by atoms with E-state index in [0.717, 1.165) is 44.6 Å². The third-order valence-electron chi connectivity index (χ3n) is 1.80. The summed E-state index contributed by atoms with van der Waals surface area (Å²) in [4.78, 5) is 0. The maximum atomic E-state index is 6.20. The standard InChI is InChI=1S/C9H20Cl2OSi/c1-3-6-12-7-5-9-13(10,11)8-4-2/h3-9H2,1-2H3. The molecule has 0 amide bonds. The van der Waals surface area contributed by atoms with Gasteiger partial charge in [-0.1, -0.05) is 20.3 Å². The van der Waals surface area contributed by atoms with Crippen LogP contribution in [0, 0.1) is 0 Å². The lowest BCUT2D eigenvalue weighted by Crippen LogP contribution is -2.18. The maximum Gasteiger partial charge on any atom is 0.251 e. The van der Waals surface area contributed by atoms with Crippen molar-refractivity contribution in [3.8, 4) is 0 Å². The number of rotatable bonds is 8. The molecule has 0 rings (SSSR count). The lowest BCUT2D eigenvalue weighted by Gasteiger charge is -2.14. The summed E-state index contributed by atoms with van der Waals surface area (Å²) in [6, 6.07) is 1.97. The minimum Gasteiger partial charge on any atom is -0.381 e. The Morgan fingerprint density at radius 2 is 1.69 bits per heavy atom. The normalized spacial score (nSPS) is 12.0. The SMILES string of the molecule is CCCOCCC[Si](Cl)(Cl)CCC. The molecule has 0 aliphatic carbocycles. The molecule has 0 N–H and O–H groups in total. The highest BCUT2D eigenvalue weighted by molar-refractivity contribution is 7.45. The Hall–Kier alpha value is 0.757. The molecule has 0 saturated heterocycles. The first-order valence-electron chi connectivity index (χ1n) is 5.08. The van der Waals surface area contributed by atoms with E-state index in [1.807, 2.05) is 0 Å². The van der Waals surface area contributed by atoms with E-state index in [2.05, 4.69) is 13.8 Å². The average molecular weight is 243 g/mol. The second-order valence-corrected chi connectivity index (χ2v) is 11.0. The molecule has 0 spiro atoms. The molecule has 0 heterocycles. The van der Waals surface area contributed by atoms with Gasteiger partial charge in [-0.15, -0.1) is 22.2 Å². The molecule has 0 saturated carbocycles. The molecular formula is C9H20Cl2OSi. The fourth-order valence-electron chi connectivity index (χ4n) is 1.17. The van der Waals surface area contributed by atoms with Gasteiger partial charge in [0.2, 0.25) is 0 Å². The topological polar surface area (TPSA) is 9.23 Å². The number of hydrogen-bond acceptors (Lipinski definition) is 1. The molecule has 13 heavy (non-hydrogen) atoms. The third-order valence-corrected chi connectivity index (χ3v) is 6.38. The van der Waals surface area contributed by atoms with Crippen molar-refractivity contribution in [1.29, 1.82) is 0 Å². The van der Waals surface area contributed by atoms with E-state index in [1.165, 1.54) is 0 Å². The molecule has 0 unspecified atom stereocenters. The van der Waals surface area contributed by atoms with Crippen molar-refractivity contribution in [3.05, 3.63) is 0 Å². The zero-order valence-electron chi connectivity index (χ0n) is 8.61. The molecule has 0 atom stereocenters. The van der Waals surface area contributed by atoms with Gasteiger partial charge in [-0.2, -0.15) is 0 Å². The monoisotopic (exact) mass is 242 g/mol. The van der Waals surface area contributed by atoms with E-state index in [-0.39, 0.29) is 0 Å². The van der Waals surface area contributed by atoms with E-state index in [1.54, 1.807) is 0 Å². The molecule has 0 fully saturated rings. The molecule has 0 bridgehead atoms. The summed E-state index contributed by atoms with van der Waals surface area (Å²) < 4.78 is 5.36. The van der Waals surface area contributed by atoms with Gasteiger partial charge in [0.25, 0.3) is 6.69 Å². The van der Waals surface area contributed by atoms with E-state index < -0.39 is 6.69 Å². The summed E-state index contributed by atoms with van der Waals surface area (Å²) in [7, 11) is 0. The van der Waals surface area contributed by atoms with Crippen LogP contribution in [0.1, 0.15) is 33.1 Å². The molecule has 0 aliphatic rings. The van der Waals surface area contributed by atoms with E-state index in [0.29, 0.717) is 0 Å². The van der Waals surface area contributed by atoms with Crippen molar-refractivity contribution in [2.75, 3.05) is 13.2 Å². The molecule has 0 aliphatic heterocycles. The van der Waals surface area contributed by atoms with Gasteiger partial charge in [0.15, 0.2) is 0 Å². The van der Waals surface area contributed by atoms with Crippen molar-refractivity contribution in [2.45, 2.75) is 45.2 Å². The first-order valence-corrected chi connectivity index (χ1v) is 9.51. The Morgan fingerprint density at radius 3 is 2.23 bits per heavy atom. The highest BCUT2D eigenvalue weighted by Crippen LogP contribution is 2.28. The van der Waals surface area contributed by atoms with Crippen molar-refractivity contribution in [2.24, 2.45) is 0 Å². The van der Waals surface area contributed by atoms with Crippen LogP contribution >= 0.6 is 22.2 Å². The van der Waals surface area contributed by atoms with Crippen LogP contribution in [0.4, 0.5) is 0 Å². The quantitative estimate of drug-likeness (QED) is 0.354. The summed E-state index contributed by atoms with van der Waals surface area (Å²) in [6.07, 6.45) is 3.19. The van der Waals surface area contributed by atoms with Crippen LogP contribution in [-0.4, -0.2) is 19.9 Å². The summed E-state index contributed by atoms with van der Waals surface area (Å²) in [5.41, 5.74) is 0. The van der Waals surface area contributed by atoms with Crippen LogP contribution in [0.2, 0.25) is 12.1 Å². The molecule has 80 valence electrons. The molecule has 1 nitrogen and oxygen atoms in total. The third kappa shape index (κ3) is 9.07. The summed E-state index contributed by atoms with van der Waals surface area (Å²) in [6.45, 7) is 4.00. The zero-order valence-corrected chi connectivity index (χ0v) is 11.1. The Labute approximate surface area is 92.2 Å². The van der Waals surface area contributed by atoms with Crippen LogP contribution in [0.5, 0.6) is 0 Å². The van der Waals surface area contributed by atoms with E-state index in [9.17, 15) is 0 Å². The molecule has 0 aromatic heterocycles. The molecule has 0 radical (unpaired) electrons. The second-order valence-electron chi connectivity index (χ2n) is 3.32. The van der Waals surface area contributed by atoms with Gasteiger partial charge in [0.05, 0.1) is 0 Å². The molecule has 4 heteroatoms. The lowest BCUT2D eigenvalue weighted by atomic mass is 10.5. The van der Waals surface area contributed by atoms with Crippen molar-refractivity contribution >= 4 is 28.9 Å². The molecule has 0 aromatic carbocycles. The summed E-state index contributed by atoms with van der Waals surface area (Å²) >= 11 is 12.4. The van der Waals surface area contributed by atoms with Gasteiger partial charge in [0.1, 0.15) is 0 Å². The van der Waals surface area contributed by atoms with Gasteiger partial charge >= 0.3 is 0 Å². The van der Waals surface area contributed by atoms with Crippen molar-refractivity contribution in [1.82, 2.24) is 0 Å². The fraction of sp³-hybridized carbons (Fsp3) is 1.00. The van der Waals surface area contributed by atoms with Gasteiger partial charge < -0.3 is 4.74 Å². The number of hydrogen-bond donors (Lipinski definition) is 0. The van der Waals surface area contributed by atoms with Crippen LogP contribution < -0.4 is 0 Å². The van der Waals surface area contributed by atoms with Gasteiger partial charge in [-0.05, 0) is 24.9 Å². The molecular weight excluding hydrogens is 223 g/mol. The summed E-state index contributed by atoms with van der Waals surface area (Å²) in [5.74, 6) is 0. The highest BCUT2D eigenvalue weighted by Gasteiger charge is 2.25. The largest absolute Gasteiger partial charge is 0.381 e. The zero-order chi connectivity index (χ0) is 10.2. The van der Waals surface area contributed by atoms with Crippen molar-refractivity contribution < 1.29 is 4.74 Å². The van der Waals surface area contributed by atoms with E-state index in [4.69, 9.17) is 26.9 Å². The summed E-state index contributed by atoms with van der Waals surface area (Å²) in [5, 5.41) is 0. The average Bonchev–Trinajstić information content (AvgIpc) is 2.04. The number of ether oxygens (including phenoxy) is 1. The Bertz CT molecular complexity index is 120. The first-order chi connectivity index (χ1) is 6.12. The Morgan fingerprint density at radius 1 is 1.00 bits per heavy atom. The number of halogens is 2. The second kappa shape index (κ2) is 8.10. The lowest BCUT2D eigenvalue weighted by molar-refractivity contribution is 0.135. The van der Waals surface area contributed by atoms with Gasteiger partial charge in [0, 0.05) is 13.2 Å². The Balaban J connectivity index is 3.29. The first kappa shape index (κ1) is 13.8. The minimum absolute atomic E-state index is 0.811. The van der Waals surface area contributed by atoms with Crippen LogP contribution in [-0.2, 0) is 4.74 Å². The van der Waals surface area contributed by atoms with Crippen LogP contribution in [0.25, 0.3) is 0 Å². The predicted octanol–water partition coefficient (Wildman–Crippen LogP) is 4.13. The fourth-order valence-corrected chi connectivity index (χ4v) is 4.75. The van der Waals surface area contributed by atoms with Crippen LogP contribution in [0.15, 0.2) is 0 Å². The maximum absolute atomic E-state index is 6.20. The van der Waals surface area contributed by atoms with Crippen molar-refractivity contribution in [3.63, 3.8) is 0 Å². The van der Waals surface area contributed by atoms with E-state index >= 15 is 0 Å². The van der Waals surface area contributed by atoms with Gasteiger partial charge in [-0.25, -0.2) is 0 Å². The highest BCUT2D eigenvalue weighted by atomic mass is 35.7. The van der Waals surface area contributed by atoms with Crippen LogP contribution in [0.3, 0.4) is 0 Å². The predicted molar refractivity (Wildman–Crippen MR) is 63.1 cm³/mol.